The number of hydrogen-bond acceptors (Lipinski definition) is 2. The van der Waals surface area contributed by atoms with E-state index in [2.05, 4.69) is 10.3 Å². The average Bonchev–Trinajstić information content (AvgIpc) is 2.87. The molecule has 0 atom stereocenters. The van der Waals surface area contributed by atoms with Crippen molar-refractivity contribution in [2.24, 2.45) is 0 Å². The molecule has 1 saturated heterocycles. The number of nitrogens with one attached hydrogen (secondary N) is 2. The Labute approximate surface area is 148 Å². The van der Waals surface area contributed by atoms with E-state index in [0.29, 0.717) is 39.1 Å². The number of hydrogen-bond donors (Lipinski definition) is 2. The van der Waals surface area contributed by atoms with Gasteiger partial charge in [-0.2, -0.15) is 0 Å². The van der Waals surface area contributed by atoms with E-state index in [1.54, 1.807) is 0 Å². The van der Waals surface area contributed by atoms with Crippen LogP contribution in [0, 0.1) is 0 Å². The number of rotatable bonds is 4. The predicted octanol–water partition coefficient (Wildman–Crippen LogP) is 2.36. The zero-order valence-corrected chi connectivity index (χ0v) is 14.8. The van der Waals surface area contributed by atoms with Crippen molar-refractivity contribution < 1.29 is 9.59 Å². The van der Waals surface area contributed by atoms with Gasteiger partial charge in [0.05, 0.1) is 6.42 Å². The summed E-state index contributed by atoms with van der Waals surface area (Å²) in [6.45, 7) is 5.33. The van der Waals surface area contributed by atoms with Crippen LogP contribution in [0.25, 0.3) is 10.9 Å². The average molecular weight is 342 g/mol. The van der Waals surface area contributed by atoms with Crippen molar-refractivity contribution in [3.63, 3.8) is 0 Å². The van der Waals surface area contributed by atoms with E-state index in [1.165, 1.54) is 0 Å². The maximum absolute atomic E-state index is 12.7. The molecule has 6 nitrogen and oxygen atoms in total. The van der Waals surface area contributed by atoms with Crippen LogP contribution in [0.3, 0.4) is 0 Å². The number of aromatic nitrogens is 1. The number of fused-ring (bicyclic) bond motifs is 1. The Morgan fingerprint density at radius 3 is 2.72 bits per heavy atom. The van der Waals surface area contributed by atoms with E-state index >= 15 is 0 Å². The number of H-pyrrole nitrogens is 1. The molecule has 6 heteroatoms. The van der Waals surface area contributed by atoms with Gasteiger partial charge in [0, 0.05) is 49.8 Å². The number of carbonyl (C=O) groups is 2. The van der Waals surface area contributed by atoms with Gasteiger partial charge in [-0.1, -0.05) is 25.1 Å². The molecular weight excluding hydrogens is 316 g/mol. The fourth-order valence-electron chi connectivity index (χ4n) is 3.27. The zero-order chi connectivity index (χ0) is 17.6. The van der Waals surface area contributed by atoms with Crippen LogP contribution >= 0.6 is 0 Å². The summed E-state index contributed by atoms with van der Waals surface area (Å²) in [5, 5.41) is 4.01. The lowest BCUT2D eigenvalue weighted by atomic mass is 10.1. The zero-order valence-electron chi connectivity index (χ0n) is 14.8. The molecule has 2 aromatic rings. The van der Waals surface area contributed by atoms with E-state index in [0.717, 1.165) is 29.3 Å². The van der Waals surface area contributed by atoms with Gasteiger partial charge in [-0.15, -0.1) is 0 Å². The van der Waals surface area contributed by atoms with Crippen LogP contribution in [0.4, 0.5) is 4.79 Å². The number of amides is 3. The number of carbonyl (C=O) groups excluding carboxylic acids is 2. The van der Waals surface area contributed by atoms with Gasteiger partial charge in [-0.05, 0) is 24.5 Å². The Morgan fingerprint density at radius 2 is 1.88 bits per heavy atom. The van der Waals surface area contributed by atoms with Crippen molar-refractivity contribution in [1.82, 2.24) is 20.1 Å². The minimum Gasteiger partial charge on any atom is -0.361 e. The third-order valence-electron chi connectivity index (χ3n) is 4.68. The first-order chi connectivity index (χ1) is 12.2. The Morgan fingerprint density at radius 1 is 1.12 bits per heavy atom. The highest BCUT2D eigenvalue weighted by molar-refractivity contribution is 5.89. The summed E-state index contributed by atoms with van der Waals surface area (Å²) in [7, 11) is 0. The van der Waals surface area contributed by atoms with Gasteiger partial charge in [-0.25, -0.2) is 4.79 Å². The molecule has 1 aliphatic heterocycles. The van der Waals surface area contributed by atoms with Crippen molar-refractivity contribution >= 4 is 22.8 Å². The SMILES string of the molecule is CCCNC(=O)N1CCCN(C(=O)Cc2c[nH]c3ccccc23)CC1. The van der Waals surface area contributed by atoms with Gasteiger partial charge in [0.25, 0.3) is 0 Å². The fraction of sp³-hybridized carbons (Fsp3) is 0.474. The minimum atomic E-state index is -0.0206. The maximum atomic E-state index is 12.7. The largest absolute Gasteiger partial charge is 0.361 e. The second-order valence-corrected chi connectivity index (χ2v) is 6.49. The molecular formula is C19H26N4O2. The summed E-state index contributed by atoms with van der Waals surface area (Å²) < 4.78 is 0. The number of benzene rings is 1. The minimum absolute atomic E-state index is 0.0206. The van der Waals surface area contributed by atoms with Crippen LogP contribution in [0.1, 0.15) is 25.3 Å². The molecule has 0 bridgehead atoms. The quantitative estimate of drug-likeness (QED) is 0.896. The van der Waals surface area contributed by atoms with E-state index in [1.807, 2.05) is 47.2 Å². The second kappa shape index (κ2) is 8.05. The van der Waals surface area contributed by atoms with Gasteiger partial charge < -0.3 is 20.1 Å². The van der Waals surface area contributed by atoms with Crippen LogP contribution in [-0.4, -0.2) is 59.4 Å². The molecule has 1 fully saturated rings. The monoisotopic (exact) mass is 342 g/mol. The van der Waals surface area contributed by atoms with Crippen LogP contribution in [-0.2, 0) is 11.2 Å². The van der Waals surface area contributed by atoms with Crippen molar-refractivity contribution in [2.75, 3.05) is 32.7 Å². The molecule has 0 saturated carbocycles. The van der Waals surface area contributed by atoms with Crippen LogP contribution in [0.2, 0.25) is 0 Å². The first-order valence-corrected chi connectivity index (χ1v) is 9.04. The summed E-state index contributed by atoms with van der Waals surface area (Å²) >= 11 is 0. The van der Waals surface area contributed by atoms with Crippen molar-refractivity contribution in [1.29, 1.82) is 0 Å². The first kappa shape index (κ1) is 17.3. The molecule has 2 N–H and O–H groups in total. The van der Waals surface area contributed by atoms with Gasteiger partial charge >= 0.3 is 6.03 Å². The standard InChI is InChI=1S/C19H26N4O2/c1-2-8-20-19(25)23-10-5-9-22(11-12-23)18(24)13-15-14-21-17-7-4-3-6-16(15)17/h3-4,6-7,14,21H,2,5,8-13H2,1H3,(H,20,25). The molecule has 0 radical (unpaired) electrons. The summed E-state index contributed by atoms with van der Waals surface area (Å²) in [6.07, 6.45) is 4.06. The van der Waals surface area contributed by atoms with Crippen LogP contribution in [0.5, 0.6) is 0 Å². The summed E-state index contributed by atoms with van der Waals surface area (Å²) in [4.78, 5) is 31.7. The van der Waals surface area contributed by atoms with Gasteiger partial charge in [-0.3, -0.25) is 4.79 Å². The molecule has 0 spiro atoms. The molecule has 2 heterocycles. The third-order valence-corrected chi connectivity index (χ3v) is 4.68. The number of nitrogens with zero attached hydrogens (tertiary/aromatic N) is 2. The summed E-state index contributed by atoms with van der Waals surface area (Å²) in [5.74, 6) is 0.126. The van der Waals surface area contributed by atoms with Crippen molar-refractivity contribution in [3.8, 4) is 0 Å². The molecule has 0 unspecified atom stereocenters. The Balaban J connectivity index is 1.59. The Hall–Kier alpha value is -2.50. The Bertz CT molecular complexity index is 740. The molecule has 0 aliphatic carbocycles. The lowest BCUT2D eigenvalue weighted by molar-refractivity contribution is -0.130. The number of para-hydroxylation sites is 1. The fourth-order valence-corrected chi connectivity index (χ4v) is 3.27. The van der Waals surface area contributed by atoms with Gasteiger partial charge in [0.15, 0.2) is 0 Å². The highest BCUT2D eigenvalue weighted by atomic mass is 16.2. The lowest BCUT2D eigenvalue weighted by Crippen LogP contribution is -2.43. The highest BCUT2D eigenvalue weighted by Crippen LogP contribution is 2.19. The van der Waals surface area contributed by atoms with E-state index in [-0.39, 0.29) is 11.9 Å². The normalized spacial score (nSPS) is 15.2. The van der Waals surface area contributed by atoms with E-state index < -0.39 is 0 Å². The highest BCUT2D eigenvalue weighted by Gasteiger charge is 2.22. The number of urea groups is 1. The molecule has 1 aromatic carbocycles. The summed E-state index contributed by atoms with van der Waals surface area (Å²) in [5.41, 5.74) is 2.09. The lowest BCUT2D eigenvalue weighted by Gasteiger charge is -2.22. The first-order valence-electron chi connectivity index (χ1n) is 9.04. The topological polar surface area (TPSA) is 68.4 Å². The van der Waals surface area contributed by atoms with Crippen LogP contribution in [0.15, 0.2) is 30.5 Å². The van der Waals surface area contributed by atoms with Crippen molar-refractivity contribution in [3.05, 3.63) is 36.0 Å². The van der Waals surface area contributed by atoms with E-state index in [9.17, 15) is 9.59 Å². The molecule has 134 valence electrons. The third kappa shape index (κ3) is 4.13. The van der Waals surface area contributed by atoms with Gasteiger partial charge in [0.1, 0.15) is 0 Å². The number of aromatic amines is 1. The molecule has 1 aromatic heterocycles. The maximum Gasteiger partial charge on any atom is 0.317 e. The summed E-state index contributed by atoms with van der Waals surface area (Å²) in [6, 6.07) is 8.01. The van der Waals surface area contributed by atoms with Gasteiger partial charge in [0.2, 0.25) is 5.91 Å². The molecule has 25 heavy (non-hydrogen) atoms. The smallest absolute Gasteiger partial charge is 0.317 e. The van der Waals surface area contributed by atoms with Crippen LogP contribution < -0.4 is 5.32 Å². The second-order valence-electron chi connectivity index (χ2n) is 6.49. The molecule has 3 amide bonds. The van der Waals surface area contributed by atoms with Crippen molar-refractivity contribution in [2.45, 2.75) is 26.2 Å². The van der Waals surface area contributed by atoms with E-state index in [4.69, 9.17) is 0 Å². The Kier molecular flexibility index (Phi) is 5.58. The predicted molar refractivity (Wildman–Crippen MR) is 98.5 cm³/mol. The molecule has 1 aliphatic rings. The molecule has 3 rings (SSSR count).